The van der Waals surface area contributed by atoms with Gasteiger partial charge in [-0.2, -0.15) is 0 Å². The maximum Gasteiger partial charge on any atom is 0.150 e. The predicted octanol–water partition coefficient (Wildman–Crippen LogP) is 4.81. The van der Waals surface area contributed by atoms with Gasteiger partial charge >= 0.3 is 0 Å². The molecule has 0 unspecified atom stereocenters. The molecule has 6 nitrogen and oxygen atoms in total. The van der Waals surface area contributed by atoms with Crippen LogP contribution >= 0.6 is 11.3 Å². The summed E-state index contributed by atoms with van der Waals surface area (Å²) in [6.45, 7) is 3.08. The van der Waals surface area contributed by atoms with E-state index in [0.717, 1.165) is 61.7 Å². The van der Waals surface area contributed by atoms with Gasteiger partial charge in [0.05, 0.1) is 23.4 Å². The molecule has 0 atom stereocenters. The minimum atomic E-state index is 0.712. The number of aromatic nitrogens is 4. The van der Waals surface area contributed by atoms with Crippen LogP contribution < -0.4 is 4.90 Å². The van der Waals surface area contributed by atoms with Crippen molar-refractivity contribution >= 4 is 37.6 Å². The lowest BCUT2D eigenvalue weighted by atomic mass is 9.97. The standard InChI is InChI=1S/C24H19N5OS/c1-3-7-16(8-4-1)18-19-21-22(23(26-15-25-21)29-11-13-30-14-12-29)31-24(19)28-27-20(18)17-9-5-2-6-10-17/h1-10,15H,11-14H2. The molecule has 152 valence electrons. The zero-order chi connectivity index (χ0) is 20.6. The van der Waals surface area contributed by atoms with Crippen molar-refractivity contribution in [3.05, 3.63) is 67.0 Å². The summed E-state index contributed by atoms with van der Waals surface area (Å²) in [5.74, 6) is 0.955. The van der Waals surface area contributed by atoms with Crippen LogP contribution in [0.2, 0.25) is 0 Å². The molecule has 1 aliphatic heterocycles. The van der Waals surface area contributed by atoms with Crippen LogP contribution in [0.5, 0.6) is 0 Å². The minimum absolute atomic E-state index is 0.712. The molecule has 2 aromatic carbocycles. The van der Waals surface area contributed by atoms with Gasteiger partial charge in [-0.15, -0.1) is 21.5 Å². The summed E-state index contributed by atoms with van der Waals surface area (Å²) < 4.78 is 6.58. The lowest BCUT2D eigenvalue weighted by molar-refractivity contribution is 0.122. The molecule has 0 amide bonds. The second-order valence-corrected chi connectivity index (χ2v) is 8.41. The summed E-state index contributed by atoms with van der Waals surface area (Å²) in [7, 11) is 0. The number of nitrogens with zero attached hydrogens (tertiary/aromatic N) is 5. The third-order valence-corrected chi connectivity index (χ3v) is 6.64. The van der Waals surface area contributed by atoms with Crippen molar-refractivity contribution in [3.63, 3.8) is 0 Å². The number of ether oxygens (including phenoxy) is 1. The maximum atomic E-state index is 5.53. The Hall–Kier alpha value is -3.42. The van der Waals surface area contributed by atoms with Crippen LogP contribution in [-0.2, 0) is 4.74 Å². The van der Waals surface area contributed by atoms with Crippen molar-refractivity contribution in [3.8, 4) is 22.4 Å². The second kappa shape index (κ2) is 7.68. The molecular weight excluding hydrogens is 406 g/mol. The van der Waals surface area contributed by atoms with Crippen LogP contribution in [0.3, 0.4) is 0 Å². The van der Waals surface area contributed by atoms with Gasteiger partial charge in [0.2, 0.25) is 0 Å². The summed E-state index contributed by atoms with van der Waals surface area (Å²) in [5.41, 5.74) is 5.01. The van der Waals surface area contributed by atoms with Crippen molar-refractivity contribution in [1.82, 2.24) is 20.2 Å². The van der Waals surface area contributed by atoms with Crippen LogP contribution in [0.15, 0.2) is 67.0 Å². The number of fused-ring (bicyclic) bond motifs is 3. The van der Waals surface area contributed by atoms with Crippen LogP contribution in [-0.4, -0.2) is 46.5 Å². The Morgan fingerprint density at radius 3 is 2.26 bits per heavy atom. The number of hydrogen-bond donors (Lipinski definition) is 0. The van der Waals surface area contributed by atoms with Crippen molar-refractivity contribution in [2.75, 3.05) is 31.2 Å². The molecule has 0 saturated carbocycles. The van der Waals surface area contributed by atoms with E-state index >= 15 is 0 Å². The molecule has 3 aromatic heterocycles. The van der Waals surface area contributed by atoms with Gasteiger partial charge in [-0.3, -0.25) is 0 Å². The third kappa shape index (κ3) is 3.13. The van der Waals surface area contributed by atoms with Crippen LogP contribution in [0.4, 0.5) is 5.82 Å². The van der Waals surface area contributed by atoms with Gasteiger partial charge in [0.15, 0.2) is 0 Å². The number of rotatable bonds is 3. The van der Waals surface area contributed by atoms with E-state index in [1.165, 1.54) is 0 Å². The van der Waals surface area contributed by atoms with Crippen molar-refractivity contribution in [2.24, 2.45) is 0 Å². The molecule has 0 aliphatic carbocycles. The van der Waals surface area contributed by atoms with E-state index in [2.05, 4.69) is 56.5 Å². The first kappa shape index (κ1) is 18.4. The number of thiophene rings is 1. The number of anilines is 1. The first-order chi connectivity index (χ1) is 15.4. The van der Waals surface area contributed by atoms with Crippen molar-refractivity contribution in [2.45, 2.75) is 0 Å². The molecule has 7 heteroatoms. The van der Waals surface area contributed by atoms with Gasteiger partial charge in [0, 0.05) is 29.6 Å². The van der Waals surface area contributed by atoms with Gasteiger partial charge in [-0.1, -0.05) is 60.7 Å². The highest BCUT2D eigenvalue weighted by atomic mass is 32.1. The fourth-order valence-corrected chi connectivity index (χ4v) is 5.23. The lowest BCUT2D eigenvalue weighted by Gasteiger charge is -2.27. The van der Waals surface area contributed by atoms with E-state index in [1.807, 2.05) is 24.3 Å². The minimum Gasteiger partial charge on any atom is -0.378 e. The SMILES string of the molecule is c1ccc(-c2nnc3sc4c(N5CCOCC5)ncnc4c3c2-c2ccccc2)cc1. The summed E-state index contributed by atoms with van der Waals surface area (Å²) in [5, 5.41) is 10.3. The molecule has 0 radical (unpaired) electrons. The zero-order valence-electron chi connectivity index (χ0n) is 16.7. The van der Waals surface area contributed by atoms with Crippen LogP contribution in [0.1, 0.15) is 0 Å². The fraction of sp³-hybridized carbons (Fsp3) is 0.167. The van der Waals surface area contributed by atoms with Gasteiger partial charge < -0.3 is 9.64 Å². The van der Waals surface area contributed by atoms with E-state index in [4.69, 9.17) is 9.72 Å². The molecule has 31 heavy (non-hydrogen) atoms. The Bertz CT molecular complexity index is 1360. The Morgan fingerprint density at radius 1 is 0.806 bits per heavy atom. The molecule has 0 spiro atoms. The molecule has 5 aromatic rings. The third-order valence-electron chi connectivity index (χ3n) is 5.58. The highest BCUT2D eigenvalue weighted by Gasteiger charge is 2.23. The quantitative estimate of drug-likeness (QED) is 0.414. The molecular formula is C24H19N5OS. The highest BCUT2D eigenvalue weighted by Crippen LogP contribution is 2.43. The average Bonchev–Trinajstić information content (AvgIpc) is 3.24. The lowest BCUT2D eigenvalue weighted by Crippen LogP contribution is -2.36. The largest absolute Gasteiger partial charge is 0.378 e. The van der Waals surface area contributed by atoms with Gasteiger partial charge in [-0.05, 0) is 5.56 Å². The average molecular weight is 426 g/mol. The molecule has 0 bridgehead atoms. The van der Waals surface area contributed by atoms with Gasteiger partial charge in [-0.25, -0.2) is 9.97 Å². The summed E-state index contributed by atoms with van der Waals surface area (Å²) >= 11 is 1.61. The fourth-order valence-electron chi connectivity index (χ4n) is 4.13. The monoisotopic (exact) mass is 425 g/mol. The maximum absolute atomic E-state index is 5.53. The summed E-state index contributed by atoms with van der Waals surface area (Å²) in [4.78, 5) is 12.5. The molecule has 0 N–H and O–H groups in total. The number of benzene rings is 2. The van der Waals surface area contributed by atoms with E-state index in [1.54, 1.807) is 17.7 Å². The first-order valence-electron chi connectivity index (χ1n) is 10.3. The first-order valence-corrected chi connectivity index (χ1v) is 11.1. The Kier molecular flexibility index (Phi) is 4.55. The van der Waals surface area contributed by atoms with E-state index in [9.17, 15) is 0 Å². The van der Waals surface area contributed by atoms with E-state index < -0.39 is 0 Å². The molecule has 4 heterocycles. The number of morpholine rings is 1. The Labute approximate surface area is 183 Å². The van der Waals surface area contributed by atoms with Crippen molar-refractivity contribution < 1.29 is 4.74 Å². The van der Waals surface area contributed by atoms with Gasteiger partial charge in [0.25, 0.3) is 0 Å². The van der Waals surface area contributed by atoms with Crippen LogP contribution in [0, 0.1) is 0 Å². The topological polar surface area (TPSA) is 64.0 Å². The van der Waals surface area contributed by atoms with Crippen LogP contribution in [0.25, 0.3) is 42.8 Å². The molecule has 1 aliphatic rings. The summed E-state index contributed by atoms with van der Waals surface area (Å²) in [6.07, 6.45) is 1.66. The highest BCUT2D eigenvalue weighted by molar-refractivity contribution is 7.26. The zero-order valence-corrected chi connectivity index (χ0v) is 17.5. The Morgan fingerprint density at radius 2 is 1.52 bits per heavy atom. The smallest absolute Gasteiger partial charge is 0.150 e. The molecule has 1 fully saturated rings. The van der Waals surface area contributed by atoms with E-state index in [0.29, 0.717) is 13.2 Å². The normalized spacial score (nSPS) is 14.4. The van der Waals surface area contributed by atoms with E-state index in [-0.39, 0.29) is 0 Å². The van der Waals surface area contributed by atoms with Crippen molar-refractivity contribution in [1.29, 1.82) is 0 Å². The second-order valence-electron chi connectivity index (χ2n) is 7.41. The number of hydrogen-bond acceptors (Lipinski definition) is 7. The molecule has 1 saturated heterocycles. The molecule has 6 rings (SSSR count). The summed E-state index contributed by atoms with van der Waals surface area (Å²) in [6, 6.07) is 20.6. The predicted molar refractivity (Wildman–Crippen MR) is 124 cm³/mol. The van der Waals surface area contributed by atoms with Gasteiger partial charge in [0.1, 0.15) is 22.7 Å². The Balaban J connectivity index is 1.68.